The average Bonchev–Trinajstić information content (AvgIpc) is 3.19. The van der Waals surface area contributed by atoms with E-state index in [1.807, 2.05) is 0 Å². The summed E-state index contributed by atoms with van der Waals surface area (Å²) < 4.78 is 9.70. The number of carboxylic acid groups (broad SMARTS) is 2. The molecule has 0 aliphatic rings. The van der Waals surface area contributed by atoms with E-state index in [1.54, 1.807) is 0 Å². The molecular formula is C43H73N3O16. The van der Waals surface area contributed by atoms with Gasteiger partial charge in [-0.1, -0.05) is 141 Å². The topological polar surface area (TPSA) is 291 Å². The second kappa shape index (κ2) is 38.1. The molecule has 0 rings (SSSR count). The number of carbonyl (C=O) groups is 6. The summed E-state index contributed by atoms with van der Waals surface area (Å²) in [5.74, 6) is -5.70. The molecular weight excluding hydrogens is 814 g/mol. The Balaban J connectivity index is 3.74. The highest BCUT2D eigenvalue weighted by molar-refractivity contribution is 5.87. The molecule has 0 radical (unpaired) electrons. The Morgan fingerprint density at radius 2 is 0.548 bits per heavy atom. The molecule has 62 heavy (non-hydrogen) atoms. The van der Waals surface area contributed by atoms with E-state index in [-0.39, 0.29) is 38.5 Å². The van der Waals surface area contributed by atoms with E-state index >= 15 is 0 Å². The molecule has 0 amide bonds. The van der Waals surface area contributed by atoms with Gasteiger partial charge >= 0.3 is 53.9 Å². The summed E-state index contributed by atoms with van der Waals surface area (Å²) in [6.45, 7) is 0. The lowest BCUT2D eigenvalue weighted by atomic mass is 10.0. The number of hydrogen-bond acceptors (Lipinski definition) is 14. The van der Waals surface area contributed by atoms with Gasteiger partial charge < -0.3 is 19.7 Å². The van der Waals surface area contributed by atoms with Crippen molar-refractivity contribution in [3.63, 3.8) is 0 Å². The number of carboxylic acids is 2. The van der Waals surface area contributed by atoms with Crippen molar-refractivity contribution >= 4 is 35.8 Å². The number of nitro groups is 3. The molecule has 0 aromatic heterocycles. The van der Waals surface area contributed by atoms with Crippen molar-refractivity contribution in [2.75, 3.05) is 0 Å². The Hall–Kier alpha value is -4.58. The van der Waals surface area contributed by atoms with Crippen LogP contribution in [0, 0.1) is 30.3 Å². The molecule has 0 aromatic rings. The van der Waals surface area contributed by atoms with Gasteiger partial charge in [0, 0.05) is 53.3 Å². The summed E-state index contributed by atoms with van der Waals surface area (Å²) >= 11 is 0. The number of hydrogen-bond donors (Lipinski definition) is 2. The SMILES string of the molecule is O=C(CCCCCCCCCCCCC(C(=O)OC(=O)CCCCCCCCCCCC(C(=O)O)[N+](=O)[O-])[N+](=O)[O-])OC(=O)CCCCCCCCCCCC(C(=O)O)[N+](=O)[O-]. The van der Waals surface area contributed by atoms with Crippen LogP contribution in [0.4, 0.5) is 0 Å². The van der Waals surface area contributed by atoms with Crippen LogP contribution in [0.5, 0.6) is 0 Å². The fourth-order valence-corrected chi connectivity index (χ4v) is 7.12. The Morgan fingerprint density at radius 1 is 0.339 bits per heavy atom. The molecule has 0 heterocycles. The zero-order valence-corrected chi connectivity index (χ0v) is 36.7. The van der Waals surface area contributed by atoms with Gasteiger partial charge in [-0.2, -0.15) is 0 Å². The van der Waals surface area contributed by atoms with Crippen LogP contribution >= 0.6 is 0 Å². The second-order valence-electron chi connectivity index (χ2n) is 16.2. The zero-order chi connectivity index (χ0) is 46.4. The molecule has 0 aromatic carbocycles. The quantitative estimate of drug-likeness (QED) is 0.0189. The van der Waals surface area contributed by atoms with Crippen molar-refractivity contribution in [2.24, 2.45) is 0 Å². The summed E-state index contributed by atoms with van der Waals surface area (Å²) in [5.41, 5.74) is 0. The van der Waals surface area contributed by atoms with E-state index in [1.165, 1.54) is 0 Å². The summed E-state index contributed by atoms with van der Waals surface area (Å²) in [4.78, 5) is 101. The monoisotopic (exact) mass is 887 g/mol. The first-order valence-corrected chi connectivity index (χ1v) is 23.0. The van der Waals surface area contributed by atoms with Crippen molar-refractivity contribution in [3.8, 4) is 0 Å². The summed E-state index contributed by atoms with van der Waals surface area (Å²) in [5, 5.41) is 50.5. The number of unbranched alkanes of at least 4 members (excludes halogenated alkanes) is 25. The maximum absolute atomic E-state index is 12.3. The van der Waals surface area contributed by atoms with Crippen LogP contribution in [-0.2, 0) is 38.2 Å². The molecule has 0 spiro atoms. The van der Waals surface area contributed by atoms with E-state index in [0.29, 0.717) is 38.5 Å². The fourth-order valence-electron chi connectivity index (χ4n) is 7.12. The van der Waals surface area contributed by atoms with Crippen LogP contribution in [0.1, 0.15) is 218 Å². The van der Waals surface area contributed by atoms with E-state index in [4.69, 9.17) is 19.7 Å². The van der Waals surface area contributed by atoms with Crippen LogP contribution in [0.15, 0.2) is 0 Å². The molecule has 356 valence electrons. The lowest BCUT2D eigenvalue weighted by molar-refractivity contribution is -0.511. The van der Waals surface area contributed by atoms with Gasteiger partial charge in [-0.05, 0) is 38.5 Å². The minimum atomic E-state index is -1.57. The second-order valence-corrected chi connectivity index (χ2v) is 16.2. The third kappa shape index (κ3) is 33.1. The normalized spacial score (nSPS) is 12.5. The number of ether oxygens (including phenoxy) is 2. The molecule has 0 saturated heterocycles. The summed E-state index contributed by atoms with van der Waals surface area (Å²) in [6.07, 6.45) is 23.5. The minimum absolute atomic E-state index is 0.000147. The smallest absolute Gasteiger partial charge is 0.389 e. The van der Waals surface area contributed by atoms with Crippen molar-refractivity contribution in [2.45, 2.75) is 236 Å². The largest absolute Gasteiger partial charge is 0.476 e. The van der Waals surface area contributed by atoms with E-state index in [9.17, 15) is 59.1 Å². The predicted molar refractivity (Wildman–Crippen MR) is 227 cm³/mol. The molecule has 2 N–H and O–H groups in total. The first-order chi connectivity index (χ1) is 29.7. The van der Waals surface area contributed by atoms with Gasteiger partial charge in [0.25, 0.3) is 0 Å². The van der Waals surface area contributed by atoms with Crippen LogP contribution < -0.4 is 0 Å². The highest BCUT2D eigenvalue weighted by Gasteiger charge is 2.33. The highest BCUT2D eigenvalue weighted by atomic mass is 16.6. The van der Waals surface area contributed by atoms with Gasteiger partial charge in [-0.15, -0.1) is 0 Å². The van der Waals surface area contributed by atoms with Gasteiger partial charge in [-0.25, -0.2) is 14.4 Å². The lowest BCUT2D eigenvalue weighted by Crippen LogP contribution is -2.33. The molecule has 0 aliphatic heterocycles. The molecule has 0 bridgehead atoms. The lowest BCUT2D eigenvalue weighted by Gasteiger charge is -2.09. The van der Waals surface area contributed by atoms with E-state index in [2.05, 4.69) is 0 Å². The third-order valence-electron chi connectivity index (χ3n) is 10.9. The molecule has 0 aliphatic carbocycles. The molecule has 19 heteroatoms. The Morgan fingerprint density at radius 3 is 0.790 bits per heavy atom. The van der Waals surface area contributed by atoms with Crippen LogP contribution in [0.25, 0.3) is 0 Å². The van der Waals surface area contributed by atoms with Crippen LogP contribution in [0.2, 0.25) is 0 Å². The Labute approximate surface area is 365 Å². The number of rotatable bonds is 43. The minimum Gasteiger partial charge on any atom is -0.476 e. The maximum atomic E-state index is 12.3. The highest BCUT2D eigenvalue weighted by Crippen LogP contribution is 2.17. The van der Waals surface area contributed by atoms with Crippen LogP contribution in [0.3, 0.4) is 0 Å². The van der Waals surface area contributed by atoms with Crippen molar-refractivity contribution in [1.29, 1.82) is 0 Å². The van der Waals surface area contributed by atoms with Crippen LogP contribution in [-0.4, -0.2) is 78.9 Å². The number of nitrogens with zero attached hydrogens (tertiary/aromatic N) is 3. The molecule has 0 saturated carbocycles. The molecule has 3 unspecified atom stereocenters. The van der Waals surface area contributed by atoms with Crippen molar-refractivity contribution in [1.82, 2.24) is 0 Å². The Kier molecular flexibility index (Phi) is 35.3. The van der Waals surface area contributed by atoms with Gasteiger partial charge in [0.05, 0.1) is 0 Å². The first kappa shape index (κ1) is 57.4. The third-order valence-corrected chi connectivity index (χ3v) is 10.9. The van der Waals surface area contributed by atoms with Gasteiger partial charge in [-0.3, -0.25) is 44.7 Å². The van der Waals surface area contributed by atoms with E-state index < -0.39 is 68.7 Å². The summed E-state index contributed by atoms with van der Waals surface area (Å²) in [6, 6.07) is -4.65. The van der Waals surface area contributed by atoms with Gasteiger partial charge in [0.15, 0.2) is 0 Å². The number of carbonyl (C=O) groups excluding carboxylic acids is 4. The zero-order valence-electron chi connectivity index (χ0n) is 36.7. The standard InChI is InChI=1S/C43H73N3O16/c47-38(61-39(48)33-27-21-15-9-3-6-11-17-23-29-35(41(50)51)44(55)56)32-26-20-14-8-2-1-5-13-19-25-31-37(46(59)60)43(54)62-40(49)34-28-22-16-10-4-7-12-18-24-30-36(42(52)53)45(57)58/h35-37H,1-34H2,(H,50,51)(H,52,53). The average molecular weight is 888 g/mol. The summed E-state index contributed by atoms with van der Waals surface area (Å²) in [7, 11) is 0. The molecule has 0 fully saturated rings. The predicted octanol–water partition coefficient (Wildman–Crippen LogP) is 9.49. The van der Waals surface area contributed by atoms with Crippen molar-refractivity contribution < 1.29 is 63.2 Å². The fraction of sp³-hybridized carbons (Fsp3) is 0.860. The number of esters is 4. The van der Waals surface area contributed by atoms with Crippen molar-refractivity contribution in [3.05, 3.63) is 30.3 Å². The Bertz CT molecular complexity index is 1320. The maximum Gasteiger partial charge on any atom is 0.389 e. The first-order valence-electron chi connectivity index (χ1n) is 23.0. The number of aliphatic carboxylic acids is 2. The van der Waals surface area contributed by atoms with Gasteiger partial charge in [0.2, 0.25) is 0 Å². The molecule has 19 nitrogen and oxygen atoms in total. The molecule has 3 atom stereocenters. The van der Waals surface area contributed by atoms with Gasteiger partial charge in [0.1, 0.15) is 0 Å². The van der Waals surface area contributed by atoms with E-state index in [0.717, 1.165) is 141 Å².